The number of allylic oxidation sites excluding steroid dienone is 4. The van der Waals surface area contributed by atoms with Gasteiger partial charge in [-0.05, 0) is 0 Å². The first-order valence-corrected chi connectivity index (χ1v) is 5.29. The van der Waals surface area contributed by atoms with Crippen molar-refractivity contribution in [2.75, 3.05) is 0 Å². The minimum atomic E-state index is 0.340. The molecule has 0 heterocycles. The summed E-state index contributed by atoms with van der Waals surface area (Å²) in [7, 11) is 0. The second-order valence-corrected chi connectivity index (χ2v) is 5.68. The third-order valence-corrected chi connectivity index (χ3v) is 3.57. The maximum atomic E-state index is 2.39. The first-order valence-electron chi connectivity index (χ1n) is 4.07. The molecule has 1 aliphatic rings. The van der Waals surface area contributed by atoms with Gasteiger partial charge in [0.05, 0.1) is 0 Å². The zero-order chi connectivity index (χ0) is 8.65. The minimum absolute atomic E-state index is 0.340. The summed E-state index contributed by atoms with van der Waals surface area (Å²) in [6.07, 6.45) is 4.76. The van der Waals surface area contributed by atoms with Gasteiger partial charge in [-0.1, -0.05) is 0 Å². The van der Waals surface area contributed by atoms with E-state index in [1.54, 1.807) is 28.0 Å². The van der Waals surface area contributed by atoms with Crippen LogP contribution in [-0.2, 0) is 24.7 Å². The van der Waals surface area contributed by atoms with Crippen LogP contribution in [0.15, 0.2) is 21.0 Å². The van der Waals surface area contributed by atoms with Crippen molar-refractivity contribution in [3.8, 4) is 0 Å². The molecule has 0 bridgehead atoms. The number of hydrogen-bond donors (Lipinski definition) is 0. The van der Waals surface area contributed by atoms with E-state index in [-0.39, 0.29) is 0 Å². The van der Waals surface area contributed by atoms with Gasteiger partial charge in [0.15, 0.2) is 0 Å². The van der Waals surface area contributed by atoms with Crippen LogP contribution in [-0.4, -0.2) is 0 Å². The molecule has 0 aromatic carbocycles. The fraction of sp³-hybridized carbons (Fsp3) is 0.600. The van der Waals surface area contributed by atoms with E-state index in [2.05, 4.69) is 39.8 Å². The summed E-state index contributed by atoms with van der Waals surface area (Å²) in [5.41, 5.74) is 1.85. The van der Waals surface area contributed by atoms with Crippen LogP contribution >= 0.6 is 0 Å². The first-order chi connectivity index (χ1) is 4.91. The Balaban J connectivity index is 2.87. The standard InChI is InChI=1S/C10H15.Zr/c1-8-5-6-9(7-8)10(2,3)4;/h6-8H,1-4H3;. The van der Waals surface area contributed by atoms with E-state index < -0.39 is 0 Å². The van der Waals surface area contributed by atoms with Crippen LogP contribution in [0.3, 0.4) is 0 Å². The SMILES string of the molecule is CC1C=C(C(C)(C)C)C=[C]1[Zr]. The molecule has 59 valence electrons. The van der Waals surface area contributed by atoms with Crippen LogP contribution in [0.5, 0.6) is 0 Å². The topological polar surface area (TPSA) is 0 Å². The predicted molar refractivity (Wildman–Crippen MR) is 44.8 cm³/mol. The fourth-order valence-corrected chi connectivity index (χ4v) is 1.76. The number of rotatable bonds is 0. The molecule has 0 saturated heterocycles. The Bertz CT molecular complexity index is 216. The third-order valence-electron chi connectivity index (χ3n) is 2.10. The summed E-state index contributed by atoms with van der Waals surface area (Å²) in [6, 6.07) is 0. The Morgan fingerprint density at radius 2 is 1.91 bits per heavy atom. The van der Waals surface area contributed by atoms with Crippen molar-refractivity contribution in [1.29, 1.82) is 0 Å². The van der Waals surface area contributed by atoms with Crippen LogP contribution in [0.2, 0.25) is 0 Å². The zero-order valence-corrected chi connectivity index (χ0v) is 10.2. The zero-order valence-electron chi connectivity index (χ0n) is 7.73. The molecule has 0 aromatic heterocycles. The van der Waals surface area contributed by atoms with E-state index in [0.717, 1.165) is 0 Å². The van der Waals surface area contributed by atoms with Gasteiger partial charge in [0.25, 0.3) is 0 Å². The maximum absolute atomic E-state index is 2.39. The van der Waals surface area contributed by atoms with Crippen LogP contribution in [0.1, 0.15) is 27.7 Å². The molecule has 0 amide bonds. The summed E-state index contributed by atoms with van der Waals surface area (Å²) in [5, 5.41) is 0. The molecular formula is C10H15Zr. The van der Waals surface area contributed by atoms with Gasteiger partial charge < -0.3 is 0 Å². The van der Waals surface area contributed by atoms with Gasteiger partial charge in [-0.3, -0.25) is 0 Å². The van der Waals surface area contributed by atoms with Crippen molar-refractivity contribution in [3.63, 3.8) is 0 Å². The molecule has 1 heteroatoms. The van der Waals surface area contributed by atoms with E-state index >= 15 is 0 Å². The van der Waals surface area contributed by atoms with Gasteiger partial charge in [0, 0.05) is 0 Å². The van der Waals surface area contributed by atoms with Crippen molar-refractivity contribution in [2.45, 2.75) is 27.7 Å². The van der Waals surface area contributed by atoms with Crippen molar-refractivity contribution >= 4 is 0 Å². The molecule has 1 aliphatic carbocycles. The normalized spacial score (nSPS) is 24.8. The molecule has 1 unspecified atom stereocenters. The van der Waals surface area contributed by atoms with Crippen LogP contribution in [0, 0.1) is 11.3 Å². The van der Waals surface area contributed by atoms with Crippen molar-refractivity contribution in [1.82, 2.24) is 0 Å². The Hall–Kier alpha value is 0.363. The third kappa shape index (κ3) is 2.15. The first kappa shape index (κ1) is 9.45. The van der Waals surface area contributed by atoms with Gasteiger partial charge in [0.2, 0.25) is 0 Å². The van der Waals surface area contributed by atoms with E-state index in [0.29, 0.717) is 11.3 Å². The van der Waals surface area contributed by atoms with Gasteiger partial charge in [-0.2, -0.15) is 0 Å². The van der Waals surface area contributed by atoms with E-state index in [1.807, 2.05) is 0 Å². The van der Waals surface area contributed by atoms with Crippen LogP contribution in [0.25, 0.3) is 0 Å². The molecule has 0 N–H and O–H groups in total. The van der Waals surface area contributed by atoms with Crippen LogP contribution < -0.4 is 0 Å². The molecule has 0 fully saturated rings. The second kappa shape index (κ2) is 3.01. The Kier molecular flexibility index (Phi) is 2.59. The molecule has 0 saturated carbocycles. The van der Waals surface area contributed by atoms with E-state index in [1.165, 1.54) is 5.57 Å². The second-order valence-electron chi connectivity index (χ2n) is 4.26. The van der Waals surface area contributed by atoms with E-state index in [9.17, 15) is 0 Å². The summed E-state index contributed by atoms with van der Waals surface area (Å²) in [5.74, 6) is 0.697. The quantitative estimate of drug-likeness (QED) is 0.595. The monoisotopic (exact) mass is 225 g/mol. The molecule has 0 aliphatic heterocycles. The van der Waals surface area contributed by atoms with Gasteiger partial charge in [0.1, 0.15) is 0 Å². The van der Waals surface area contributed by atoms with Crippen LogP contribution in [0.4, 0.5) is 0 Å². The molecule has 11 heavy (non-hydrogen) atoms. The molecule has 0 aromatic rings. The van der Waals surface area contributed by atoms with Crippen molar-refractivity contribution in [3.05, 3.63) is 21.0 Å². The number of hydrogen-bond acceptors (Lipinski definition) is 0. The van der Waals surface area contributed by atoms with Gasteiger partial charge in [-0.25, -0.2) is 0 Å². The summed E-state index contributed by atoms with van der Waals surface area (Å²) in [4.78, 5) is 0. The molecule has 1 atom stereocenters. The molecule has 0 radical (unpaired) electrons. The van der Waals surface area contributed by atoms with Gasteiger partial charge in [-0.15, -0.1) is 0 Å². The summed E-state index contributed by atoms with van der Waals surface area (Å²) < 4.78 is 1.59. The van der Waals surface area contributed by atoms with Crippen molar-refractivity contribution in [2.24, 2.45) is 11.3 Å². The predicted octanol–water partition coefficient (Wildman–Crippen LogP) is 3.04. The molecule has 1 rings (SSSR count). The van der Waals surface area contributed by atoms with Crippen molar-refractivity contribution < 1.29 is 24.7 Å². The molecule has 0 nitrogen and oxygen atoms in total. The summed E-state index contributed by atoms with van der Waals surface area (Å²) >= 11 is 1.57. The average Bonchev–Trinajstić information content (AvgIpc) is 2.11. The molecular weight excluding hydrogens is 211 g/mol. The fourth-order valence-electron chi connectivity index (χ4n) is 1.17. The Labute approximate surface area is 84.6 Å². The molecule has 0 spiro atoms. The Morgan fingerprint density at radius 3 is 2.09 bits per heavy atom. The van der Waals surface area contributed by atoms with E-state index in [4.69, 9.17) is 0 Å². The average molecular weight is 226 g/mol. The van der Waals surface area contributed by atoms with Gasteiger partial charge >= 0.3 is 84.8 Å². The summed E-state index contributed by atoms with van der Waals surface area (Å²) in [6.45, 7) is 9.10. The Morgan fingerprint density at radius 1 is 1.36 bits per heavy atom.